The normalized spacial score (nSPS) is 22.7. The van der Waals surface area contributed by atoms with Gasteiger partial charge in [0.1, 0.15) is 5.60 Å². The summed E-state index contributed by atoms with van der Waals surface area (Å²) in [5, 5.41) is 10.1. The van der Waals surface area contributed by atoms with Crippen molar-refractivity contribution in [1.29, 1.82) is 0 Å². The lowest BCUT2D eigenvalue weighted by Gasteiger charge is -2.39. The largest absolute Gasteiger partial charge is 0.444 e. The first-order valence-electron chi connectivity index (χ1n) is 6.73. The van der Waals surface area contributed by atoms with Crippen molar-refractivity contribution in [2.24, 2.45) is 5.73 Å². The van der Waals surface area contributed by atoms with E-state index in [9.17, 15) is 9.90 Å². The van der Waals surface area contributed by atoms with Crippen LogP contribution in [-0.4, -0.2) is 46.9 Å². The number of ether oxygens (including phenoxy) is 1. The molecule has 0 saturated carbocycles. The summed E-state index contributed by atoms with van der Waals surface area (Å²) in [6.45, 7) is 6.63. The van der Waals surface area contributed by atoms with Crippen molar-refractivity contribution in [3.05, 3.63) is 0 Å². The molecule has 106 valence electrons. The molecule has 1 heterocycles. The monoisotopic (exact) mass is 258 g/mol. The first-order valence-corrected chi connectivity index (χ1v) is 6.73. The Balaban J connectivity index is 2.67. The first-order chi connectivity index (χ1) is 8.35. The molecule has 0 aromatic heterocycles. The van der Waals surface area contributed by atoms with Crippen LogP contribution in [0.3, 0.4) is 0 Å². The highest BCUT2D eigenvalue weighted by atomic mass is 16.6. The summed E-state index contributed by atoms with van der Waals surface area (Å²) in [5.41, 5.74) is 4.96. The molecule has 1 aliphatic rings. The summed E-state index contributed by atoms with van der Waals surface area (Å²) >= 11 is 0. The minimum absolute atomic E-state index is 0.155. The van der Waals surface area contributed by atoms with Crippen molar-refractivity contribution in [2.45, 2.75) is 64.2 Å². The van der Waals surface area contributed by atoms with Gasteiger partial charge in [-0.05, 0) is 53.0 Å². The van der Waals surface area contributed by atoms with Crippen molar-refractivity contribution in [1.82, 2.24) is 4.90 Å². The van der Waals surface area contributed by atoms with Crippen molar-refractivity contribution in [3.63, 3.8) is 0 Å². The fourth-order valence-electron chi connectivity index (χ4n) is 2.27. The number of hydrogen-bond acceptors (Lipinski definition) is 4. The van der Waals surface area contributed by atoms with Crippen LogP contribution in [0.2, 0.25) is 0 Å². The van der Waals surface area contributed by atoms with Crippen molar-refractivity contribution < 1.29 is 14.6 Å². The van der Waals surface area contributed by atoms with Crippen molar-refractivity contribution >= 4 is 6.09 Å². The number of rotatable bonds is 3. The number of carbonyl (C=O) groups excluding carboxylic acids is 1. The molecule has 1 rings (SSSR count). The van der Waals surface area contributed by atoms with Crippen LogP contribution in [0.1, 0.15) is 46.5 Å². The molecule has 1 unspecified atom stereocenters. The third-order valence-electron chi connectivity index (χ3n) is 3.08. The van der Waals surface area contributed by atoms with Gasteiger partial charge in [0.15, 0.2) is 0 Å². The Bertz CT molecular complexity index is 276. The summed E-state index contributed by atoms with van der Waals surface area (Å²) in [6, 6.07) is -0.155. The van der Waals surface area contributed by atoms with Gasteiger partial charge in [0.25, 0.3) is 0 Å². The number of carbonyl (C=O) groups is 1. The van der Waals surface area contributed by atoms with Crippen LogP contribution in [0, 0.1) is 0 Å². The molecule has 1 aliphatic heterocycles. The fraction of sp³-hybridized carbons (Fsp3) is 0.923. The number of likely N-dealkylation sites (tertiary alicyclic amines) is 1. The van der Waals surface area contributed by atoms with Gasteiger partial charge in [-0.2, -0.15) is 0 Å². The summed E-state index contributed by atoms with van der Waals surface area (Å²) in [6.07, 6.45) is 2.45. The van der Waals surface area contributed by atoms with E-state index in [1.165, 1.54) is 0 Å². The number of hydrogen-bond donors (Lipinski definition) is 2. The molecule has 1 amide bonds. The summed E-state index contributed by atoms with van der Waals surface area (Å²) in [4.78, 5) is 13.8. The highest BCUT2D eigenvalue weighted by Crippen LogP contribution is 2.23. The van der Waals surface area contributed by atoms with Crippen LogP contribution in [0.4, 0.5) is 4.79 Å². The molecule has 2 atom stereocenters. The molecule has 0 aromatic carbocycles. The van der Waals surface area contributed by atoms with E-state index in [2.05, 4.69) is 0 Å². The lowest BCUT2D eigenvalue weighted by Crippen LogP contribution is -2.51. The van der Waals surface area contributed by atoms with Crippen LogP contribution in [0.5, 0.6) is 0 Å². The van der Waals surface area contributed by atoms with E-state index in [0.29, 0.717) is 19.5 Å². The quantitative estimate of drug-likeness (QED) is 0.804. The molecule has 5 nitrogen and oxygen atoms in total. The molecule has 18 heavy (non-hydrogen) atoms. The third-order valence-corrected chi connectivity index (χ3v) is 3.08. The van der Waals surface area contributed by atoms with Gasteiger partial charge in [-0.15, -0.1) is 0 Å². The predicted octanol–water partition coefficient (Wildman–Crippen LogP) is 1.49. The summed E-state index contributed by atoms with van der Waals surface area (Å²) < 4.78 is 5.38. The van der Waals surface area contributed by atoms with Crippen LogP contribution >= 0.6 is 0 Å². The lowest BCUT2D eigenvalue weighted by atomic mass is 9.96. The van der Waals surface area contributed by atoms with E-state index >= 15 is 0 Å². The Morgan fingerprint density at radius 2 is 2.17 bits per heavy atom. The minimum atomic E-state index is -0.553. The number of piperidine rings is 1. The zero-order chi connectivity index (χ0) is 13.8. The Kier molecular flexibility index (Phi) is 5.41. The van der Waals surface area contributed by atoms with Crippen LogP contribution in [-0.2, 0) is 4.74 Å². The molecule has 0 radical (unpaired) electrons. The second-order valence-electron chi connectivity index (χ2n) is 5.88. The smallest absolute Gasteiger partial charge is 0.410 e. The van der Waals surface area contributed by atoms with Gasteiger partial charge in [0.05, 0.1) is 12.1 Å². The second-order valence-corrected chi connectivity index (χ2v) is 5.88. The number of nitrogens with two attached hydrogens (primary N) is 1. The highest BCUT2D eigenvalue weighted by Gasteiger charge is 2.34. The lowest BCUT2D eigenvalue weighted by molar-refractivity contribution is -0.0174. The highest BCUT2D eigenvalue weighted by molar-refractivity contribution is 5.68. The first kappa shape index (κ1) is 15.2. The second kappa shape index (κ2) is 6.38. The molecule has 5 heteroatoms. The Labute approximate surface area is 109 Å². The van der Waals surface area contributed by atoms with E-state index in [1.807, 2.05) is 20.8 Å². The molecule has 0 aliphatic carbocycles. The molecule has 1 fully saturated rings. The fourth-order valence-corrected chi connectivity index (χ4v) is 2.27. The van der Waals surface area contributed by atoms with Crippen LogP contribution in [0.25, 0.3) is 0 Å². The van der Waals surface area contributed by atoms with E-state index < -0.39 is 11.7 Å². The molecular formula is C13H26N2O3. The van der Waals surface area contributed by atoms with E-state index in [0.717, 1.165) is 19.3 Å². The molecule has 0 spiro atoms. The number of amides is 1. The predicted molar refractivity (Wildman–Crippen MR) is 70.3 cm³/mol. The van der Waals surface area contributed by atoms with Crippen LogP contribution < -0.4 is 5.73 Å². The van der Waals surface area contributed by atoms with Gasteiger partial charge < -0.3 is 20.5 Å². The molecule has 0 aromatic rings. The van der Waals surface area contributed by atoms with Crippen molar-refractivity contribution in [2.75, 3.05) is 13.1 Å². The SMILES string of the molecule is CC(C)(C)OC(=O)N1CCCCC1[C@@H](O)CCN. The third kappa shape index (κ3) is 4.46. The maximum absolute atomic E-state index is 12.1. The van der Waals surface area contributed by atoms with Gasteiger partial charge in [-0.25, -0.2) is 4.79 Å². The number of aliphatic hydroxyl groups is 1. The zero-order valence-corrected chi connectivity index (χ0v) is 11.7. The molecule has 0 bridgehead atoms. The Hall–Kier alpha value is -0.810. The van der Waals surface area contributed by atoms with Gasteiger partial charge in [0, 0.05) is 6.54 Å². The summed E-state index contributed by atoms with van der Waals surface area (Å²) in [5.74, 6) is 0. The average molecular weight is 258 g/mol. The van der Waals surface area contributed by atoms with Crippen molar-refractivity contribution in [3.8, 4) is 0 Å². The Morgan fingerprint density at radius 1 is 1.50 bits per heavy atom. The molecular weight excluding hydrogens is 232 g/mol. The maximum Gasteiger partial charge on any atom is 0.410 e. The molecule has 3 N–H and O–H groups in total. The van der Waals surface area contributed by atoms with Gasteiger partial charge >= 0.3 is 6.09 Å². The summed E-state index contributed by atoms with van der Waals surface area (Å²) in [7, 11) is 0. The van der Waals surface area contributed by atoms with Gasteiger partial charge in [-0.3, -0.25) is 0 Å². The number of nitrogens with zero attached hydrogens (tertiary/aromatic N) is 1. The standard InChI is InChI=1S/C13H26N2O3/c1-13(2,3)18-12(17)15-9-5-4-6-10(15)11(16)7-8-14/h10-11,16H,4-9,14H2,1-3H3/t10?,11-/m0/s1. The molecule has 1 saturated heterocycles. The topological polar surface area (TPSA) is 75.8 Å². The van der Waals surface area contributed by atoms with E-state index in [-0.39, 0.29) is 12.1 Å². The zero-order valence-electron chi connectivity index (χ0n) is 11.7. The van der Waals surface area contributed by atoms with Crippen LogP contribution in [0.15, 0.2) is 0 Å². The van der Waals surface area contributed by atoms with E-state index in [4.69, 9.17) is 10.5 Å². The minimum Gasteiger partial charge on any atom is -0.444 e. The Morgan fingerprint density at radius 3 is 2.72 bits per heavy atom. The van der Waals surface area contributed by atoms with E-state index in [1.54, 1.807) is 4.90 Å². The average Bonchev–Trinajstić information content (AvgIpc) is 2.27. The van der Waals surface area contributed by atoms with Gasteiger partial charge in [-0.1, -0.05) is 0 Å². The van der Waals surface area contributed by atoms with Gasteiger partial charge in [0.2, 0.25) is 0 Å². The number of aliphatic hydroxyl groups excluding tert-OH is 1. The maximum atomic E-state index is 12.1.